The lowest BCUT2D eigenvalue weighted by atomic mass is 10.0. The van der Waals surface area contributed by atoms with Gasteiger partial charge >= 0.3 is 0 Å². The summed E-state index contributed by atoms with van der Waals surface area (Å²) in [4.78, 5) is 0. The Labute approximate surface area is 105 Å². The molecule has 0 spiro atoms. The van der Waals surface area contributed by atoms with Crippen molar-refractivity contribution in [1.82, 2.24) is 0 Å². The van der Waals surface area contributed by atoms with Crippen LogP contribution in [0.25, 0.3) is 0 Å². The van der Waals surface area contributed by atoms with Crippen LogP contribution >= 0.6 is 0 Å². The average Bonchev–Trinajstić information content (AvgIpc) is 2.19. The third-order valence-corrected chi connectivity index (χ3v) is 2.64. The fourth-order valence-electron chi connectivity index (χ4n) is 1.65. The predicted octanol–water partition coefficient (Wildman–Crippen LogP) is 3.07. The standard InChI is InChI=1S/C15H25NO/c1-12-5-7-13(8-6-12)11-14(16)9-10-17-15(2,3)4/h5-8,14H,9-11,16H2,1-4H3. The van der Waals surface area contributed by atoms with E-state index in [1.165, 1.54) is 11.1 Å². The monoisotopic (exact) mass is 235 g/mol. The van der Waals surface area contributed by atoms with Gasteiger partial charge in [0.25, 0.3) is 0 Å². The zero-order valence-electron chi connectivity index (χ0n) is 11.5. The van der Waals surface area contributed by atoms with E-state index in [0.29, 0.717) is 0 Å². The molecule has 0 saturated heterocycles. The lowest BCUT2D eigenvalue weighted by molar-refractivity contribution is -0.00595. The summed E-state index contributed by atoms with van der Waals surface area (Å²) in [6.45, 7) is 9.03. The zero-order chi connectivity index (χ0) is 12.9. The van der Waals surface area contributed by atoms with Crippen LogP contribution in [0, 0.1) is 6.92 Å². The van der Waals surface area contributed by atoms with Crippen LogP contribution in [0.15, 0.2) is 24.3 Å². The van der Waals surface area contributed by atoms with Crippen molar-refractivity contribution in [3.8, 4) is 0 Å². The molecule has 0 aliphatic rings. The van der Waals surface area contributed by atoms with E-state index >= 15 is 0 Å². The highest BCUT2D eigenvalue weighted by molar-refractivity contribution is 5.21. The molecule has 2 N–H and O–H groups in total. The van der Waals surface area contributed by atoms with E-state index in [-0.39, 0.29) is 11.6 Å². The molecular weight excluding hydrogens is 210 g/mol. The van der Waals surface area contributed by atoms with Gasteiger partial charge in [-0.1, -0.05) is 29.8 Å². The molecular formula is C15H25NO. The molecule has 2 heteroatoms. The van der Waals surface area contributed by atoms with Crippen LogP contribution in [0.5, 0.6) is 0 Å². The fourth-order valence-corrected chi connectivity index (χ4v) is 1.65. The predicted molar refractivity (Wildman–Crippen MR) is 73.2 cm³/mol. The Morgan fingerprint density at radius 2 is 1.76 bits per heavy atom. The Kier molecular flexibility index (Phi) is 5.16. The van der Waals surface area contributed by atoms with E-state index in [1.807, 2.05) is 0 Å². The molecule has 1 atom stereocenters. The second-order valence-electron chi connectivity index (χ2n) is 5.70. The molecule has 0 radical (unpaired) electrons. The number of rotatable bonds is 5. The molecule has 1 aromatic rings. The van der Waals surface area contributed by atoms with Gasteiger partial charge in [0.15, 0.2) is 0 Å². The number of ether oxygens (including phenoxy) is 1. The zero-order valence-corrected chi connectivity index (χ0v) is 11.5. The van der Waals surface area contributed by atoms with E-state index in [2.05, 4.69) is 52.0 Å². The first-order chi connectivity index (χ1) is 7.87. The van der Waals surface area contributed by atoms with Gasteiger partial charge in [-0.2, -0.15) is 0 Å². The highest BCUT2D eigenvalue weighted by Gasteiger charge is 2.11. The summed E-state index contributed by atoms with van der Waals surface area (Å²) < 4.78 is 5.68. The van der Waals surface area contributed by atoms with E-state index in [0.717, 1.165) is 19.4 Å². The van der Waals surface area contributed by atoms with E-state index in [4.69, 9.17) is 10.5 Å². The smallest absolute Gasteiger partial charge is 0.0598 e. The van der Waals surface area contributed by atoms with Gasteiger partial charge in [-0.05, 0) is 46.1 Å². The normalized spacial score (nSPS) is 13.7. The summed E-state index contributed by atoms with van der Waals surface area (Å²) in [5.74, 6) is 0. The molecule has 0 aliphatic heterocycles. The molecule has 2 nitrogen and oxygen atoms in total. The topological polar surface area (TPSA) is 35.2 Å². The third kappa shape index (κ3) is 6.44. The largest absolute Gasteiger partial charge is 0.376 e. The van der Waals surface area contributed by atoms with E-state index < -0.39 is 0 Å². The van der Waals surface area contributed by atoms with Crippen molar-refractivity contribution in [1.29, 1.82) is 0 Å². The Balaban J connectivity index is 2.30. The second kappa shape index (κ2) is 6.18. The highest BCUT2D eigenvalue weighted by Crippen LogP contribution is 2.10. The first-order valence-electron chi connectivity index (χ1n) is 6.32. The third-order valence-electron chi connectivity index (χ3n) is 2.64. The number of hydrogen-bond acceptors (Lipinski definition) is 2. The van der Waals surface area contributed by atoms with Gasteiger partial charge < -0.3 is 10.5 Å². The summed E-state index contributed by atoms with van der Waals surface area (Å²) in [6.07, 6.45) is 1.83. The van der Waals surface area contributed by atoms with Crippen molar-refractivity contribution >= 4 is 0 Å². The molecule has 1 rings (SSSR count). The van der Waals surface area contributed by atoms with Crippen LogP contribution in [-0.4, -0.2) is 18.2 Å². The highest BCUT2D eigenvalue weighted by atomic mass is 16.5. The molecule has 0 bridgehead atoms. The maximum Gasteiger partial charge on any atom is 0.0598 e. The molecule has 17 heavy (non-hydrogen) atoms. The number of hydrogen-bond donors (Lipinski definition) is 1. The van der Waals surface area contributed by atoms with Crippen molar-refractivity contribution in [2.24, 2.45) is 5.73 Å². The number of benzene rings is 1. The van der Waals surface area contributed by atoms with Crippen LogP contribution in [0.1, 0.15) is 38.3 Å². The van der Waals surface area contributed by atoms with Crippen LogP contribution in [0.4, 0.5) is 0 Å². The maximum atomic E-state index is 6.09. The second-order valence-corrected chi connectivity index (χ2v) is 5.70. The van der Waals surface area contributed by atoms with Crippen molar-refractivity contribution in [2.45, 2.75) is 52.2 Å². The SMILES string of the molecule is Cc1ccc(CC(N)CCOC(C)(C)C)cc1. The molecule has 0 aliphatic carbocycles. The van der Waals surface area contributed by atoms with E-state index in [1.54, 1.807) is 0 Å². The lowest BCUT2D eigenvalue weighted by Crippen LogP contribution is -2.27. The van der Waals surface area contributed by atoms with Crippen LogP contribution in [0.3, 0.4) is 0 Å². The minimum Gasteiger partial charge on any atom is -0.376 e. The van der Waals surface area contributed by atoms with Gasteiger partial charge in [-0.25, -0.2) is 0 Å². The van der Waals surface area contributed by atoms with Crippen molar-refractivity contribution in [3.05, 3.63) is 35.4 Å². The van der Waals surface area contributed by atoms with Crippen molar-refractivity contribution in [3.63, 3.8) is 0 Å². The summed E-state index contributed by atoms with van der Waals surface area (Å²) in [5, 5.41) is 0. The lowest BCUT2D eigenvalue weighted by Gasteiger charge is -2.21. The Morgan fingerprint density at radius 1 is 1.18 bits per heavy atom. The maximum absolute atomic E-state index is 6.09. The average molecular weight is 235 g/mol. The minimum absolute atomic E-state index is 0.0659. The van der Waals surface area contributed by atoms with Gasteiger partial charge in [-0.15, -0.1) is 0 Å². The summed E-state index contributed by atoms with van der Waals surface area (Å²) in [6, 6.07) is 8.75. The Hall–Kier alpha value is -0.860. The number of aryl methyl sites for hydroxylation is 1. The molecule has 1 unspecified atom stereocenters. The molecule has 0 amide bonds. The Morgan fingerprint density at radius 3 is 2.29 bits per heavy atom. The first kappa shape index (κ1) is 14.2. The van der Waals surface area contributed by atoms with Gasteiger partial charge in [0.1, 0.15) is 0 Å². The quantitative estimate of drug-likeness (QED) is 0.851. The fraction of sp³-hybridized carbons (Fsp3) is 0.600. The Bertz CT molecular complexity index is 324. The summed E-state index contributed by atoms with van der Waals surface area (Å²) in [5.41, 5.74) is 8.62. The van der Waals surface area contributed by atoms with Crippen LogP contribution < -0.4 is 5.73 Å². The molecule has 0 heterocycles. The van der Waals surface area contributed by atoms with Crippen LogP contribution in [-0.2, 0) is 11.2 Å². The summed E-state index contributed by atoms with van der Waals surface area (Å²) >= 11 is 0. The molecule has 0 fully saturated rings. The molecule has 96 valence electrons. The molecule has 0 saturated carbocycles. The van der Waals surface area contributed by atoms with Crippen LogP contribution in [0.2, 0.25) is 0 Å². The molecule has 0 aromatic heterocycles. The van der Waals surface area contributed by atoms with E-state index in [9.17, 15) is 0 Å². The van der Waals surface area contributed by atoms with Gasteiger partial charge in [-0.3, -0.25) is 0 Å². The summed E-state index contributed by atoms with van der Waals surface area (Å²) in [7, 11) is 0. The van der Waals surface area contributed by atoms with Crippen molar-refractivity contribution < 1.29 is 4.74 Å². The van der Waals surface area contributed by atoms with Crippen molar-refractivity contribution in [2.75, 3.05) is 6.61 Å². The molecule has 1 aromatic carbocycles. The van der Waals surface area contributed by atoms with Gasteiger partial charge in [0, 0.05) is 12.6 Å². The minimum atomic E-state index is -0.0659. The van der Waals surface area contributed by atoms with Gasteiger partial charge in [0.05, 0.1) is 5.60 Å². The number of nitrogens with two attached hydrogens (primary N) is 1. The first-order valence-corrected chi connectivity index (χ1v) is 6.32. The van der Waals surface area contributed by atoms with Gasteiger partial charge in [0.2, 0.25) is 0 Å².